The van der Waals surface area contributed by atoms with Gasteiger partial charge in [-0.2, -0.15) is 0 Å². The fourth-order valence-electron chi connectivity index (χ4n) is 4.66. The van der Waals surface area contributed by atoms with Gasteiger partial charge < -0.3 is 28.4 Å². The third-order valence-corrected chi connectivity index (χ3v) is 6.97. The average molecular weight is 464 g/mol. The maximum absolute atomic E-state index is 13.1. The molecule has 4 rings (SSSR count). The highest BCUT2D eigenvalue weighted by Gasteiger charge is 2.66. The first-order chi connectivity index (χ1) is 15.4. The lowest BCUT2D eigenvalue weighted by Gasteiger charge is -2.34. The Hall–Kier alpha value is -2.72. The largest absolute Gasteiger partial charge is 0.466 e. The van der Waals surface area contributed by atoms with Crippen molar-refractivity contribution in [3.63, 3.8) is 0 Å². The predicted molar refractivity (Wildman–Crippen MR) is 110 cm³/mol. The first kappa shape index (κ1) is 23.4. The summed E-state index contributed by atoms with van der Waals surface area (Å²) >= 11 is 0. The maximum Gasteiger partial charge on any atom is 0.341 e. The fraction of sp³-hybridized carbons (Fsp3) is 0.652. The summed E-state index contributed by atoms with van der Waals surface area (Å²) in [6.45, 7) is 10.2. The Balaban J connectivity index is 1.82. The Bertz CT molecular complexity index is 953. The van der Waals surface area contributed by atoms with Crippen LogP contribution in [-0.4, -0.2) is 72.7 Å². The molecule has 10 heteroatoms. The Morgan fingerprint density at radius 2 is 1.85 bits per heavy atom. The van der Waals surface area contributed by atoms with Crippen molar-refractivity contribution in [2.24, 2.45) is 5.92 Å². The van der Waals surface area contributed by atoms with Crippen LogP contribution in [0, 0.1) is 5.92 Å². The molecule has 1 aliphatic carbocycles. The highest BCUT2D eigenvalue weighted by atomic mass is 16.7. The lowest BCUT2D eigenvalue weighted by atomic mass is 9.80. The summed E-state index contributed by atoms with van der Waals surface area (Å²) in [6.07, 6.45) is -1.87. The van der Waals surface area contributed by atoms with Gasteiger partial charge in [0.05, 0.1) is 30.3 Å². The normalized spacial score (nSPS) is 43.1. The van der Waals surface area contributed by atoms with Crippen LogP contribution in [0.15, 0.2) is 23.8 Å². The zero-order chi connectivity index (χ0) is 24.3. The molecule has 0 aromatic rings. The number of hydrogen-bond acceptors (Lipinski definition) is 10. The molecule has 0 bridgehead atoms. The number of ether oxygens (including phenoxy) is 6. The molecule has 0 N–H and O–H groups in total. The van der Waals surface area contributed by atoms with Gasteiger partial charge in [0.1, 0.15) is 12.2 Å². The van der Waals surface area contributed by atoms with Gasteiger partial charge in [0, 0.05) is 12.5 Å². The molecule has 0 radical (unpaired) electrons. The van der Waals surface area contributed by atoms with Crippen LogP contribution < -0.4 is 0 Å². The molecule has 3 heterocycles. The number of epoxide rings is 2. The third kappa shape index (κ3) is 3.95. The Kier molecular flexibility index (Phi) is 5.65. The molecule has 3 saturated heterocycles. The number of carbonyl (C=O) groups excluding carboxylic acids is 4. The van der Waals surface area contributed by atoms with E-state index in [1.807, 2.05) is 6.92 Å². The van der Waals surface area contributed by atoms with Crippen molar-refractivity contribution in [3.05, 3.63) is 23.8 Å². The van der Waals surface area contributed by atoms with E-state index >= 15 is 0 Å². The molecule has 33 heavy (non-hydrogen) atoms. The molecule has 180 valence electrons. The van der Waals surface area contributed by atoms with Crippen LogP contribution in [-0.2, 0) is 47.6 Å². The Morgan fingerprint density at radius 3 is 2.42 bits per heavy atom. The summed E-state index contributed by atoms with van der Waals surface area (Å²) in [4.78, 5) is 50.4. The summed E-state index contributed by atoms with van der Waals surface area (Å²) in [5, 5.41) is 0. The summed E-state index contributed by atoms with van der Waals surface area (Å²) in [5.41, 5.74) is -1.77. The van der Waals surface area contributed by atoms with Crippen molar-refractivity contribution >= 4 is 23.9 Å². The van der Waals surface area contributed by atoms with E-state index in [-0.39, 0.29) is 17.3 Å². The standard InChI is InChI=1S/C23H28O10/c1-10-14-16(31-21(27)23(5)11(2)32-23)15(29-12(3)24)13(20(26)28-6)8-7-9-22(4)18(33-22)17(14)30-19(10)25/h8,11,14-18H,1,7,9H2,2-6H3/b13-8-/t11-,14-,15+,16-,17+,18-,22-,23+/m1/s1. The number of methoxy groups -OCH3 is 1. The minimum Gasteiger partial charge on any atom is -0.466 e. The number of allylic oxidation sites excluding steroid dienone is 1. The minimum absolute atomic E-state index is 0.00554. The predicted octanol–water partition coefficient (Wildman–Crippen LogP) is 1.16. The molecule has 0 aromatic carbocycles. The van der Waals surface area contributed by atoms with Crippen molar-refractivity contribution in [1.29, 1.82) is 0 Å². The van der Waals surface area contributed by atoms with Gasteiger partial charge in [0.2, 0.25) is 0 Å². The number of fused-ring (bicyclic) bond motifs is 3. The molecule has 3 aliphatic heterocycles. The molecule has 0 unspecified atom stereocenters. The zero-order valence-corrected chi connectivity index (χ0v) is 19.2. The summed E-state index contributed by atoms with van der Waals surface area (Å²) in [7, 11) is 1.19. The van der Waals surface area contributed by atoms with Crippen molar-refractivity contribution in [2.45, 2.75) is 82.3 Å². The van der Waals surface area contributed by atoms with E-state index < -0.39 is 65.4 Å². The highest BCUT2D eigenvalue weighted by molar-refractivity contribution is 5.93. The molecule has 3 fully saturated rings. The van der Waals surface area contributed by atoms with Crippen LogP contribution in [0.5, 0.6) is 0 Å². The average Bonchev–Trinajstić information content (AvgIpc) is 3.57. The first-order valence-electron chi connectivity index (χ1n) is 10.8. The molecule has 0 spiro atoms. The van der Waals surface area contributed by atoms with Crippen LogP contribution in [0.3, 0.4) is 0 Å². The second kappa shape index (κ2) is 7.95. The van der Waals surface area contributed by atoms with Crippen molar-refractivity contribution in [3.8, 4) is 0 Å². The van der Waals surface area contributed by atoms with Gasteiger partial charge >= 0.3 is 23.9 Å². The summed E-state index contributed by atoms with van der Waals surface area (Å²) < 4.78 is 33.2. The second-order valence-corrected chi connectivity index (χ2v) is 9.23. The zero-order valence-electron chi connectivity index (χ0n) is 19.2. The van der Waals surface area contributed by atoms with Gasteiger partial charge in [0.15, 0.2) is 17.8 Å². The second-order valence-electron chi connectivity index (χ2n) is 9.23. The minimum atomic E-state index is -1.36. The summed E-state index contributed by atoms with van der Waals surface area (Å²) in [6, 6.07) is 0. The van der Waals surface area contributed by atoms with Crippen molar-refractivity contribution in [1.82, 2.24) is 0 Å². The van der Waals surface area contributed by atoms with E-state index in [9.17, 15) is 19.2 Å². The van der Waals surface area contributed by atoms with Crippen LogP contribution >= 0.6 is 0 Å². The Morgan fingerprint density at radius 1 is 1.18 bits per heavy atom. The van der Waals surface area contributed by atoms with E-state index in [1.54, 1.807) is 19.9 Å². The molecule has 10 nitrogen and oxygen atoms in total. The van der Waals surface area contributed by atoms with Crippen molar-refractivity contribution < 1.29 is 47.6 Å². The van der Waals surface area contributed by atoms with E-state index in [4.69, 9.17) is 28.4 Å². The van der Waals surface area contributed by atoms with E-state index in [2.05, 4.69) is 6.58 Å². The van der Waals surface area contributed by atoms with Crippen LogP contribution in [0.1, 0.15) is 40.5 Å². The first-order valence-corrected chi connectivity index (χ1v) is 10.8. The van der Waals surface area contributed by atoms with Gasteiger partial charge in [-0.1, -0.05) is 12.7 Å². The molecule has 0 aromatic heterocycles. The topological polar surface area (TPSA) is 130 Å². The number of hydrogen-bond donors (Lipinski definition) is 0. The van der Waals surface area contributed by atoms with E-state index in [1.165, 1.54) is 14.0 Å². The van der Waals surface area contributed by atoms with E-state index in [0.29, 0.717) is 12.8 Å². The van der Waals surface area contributed by atoms with Crippen molar-refractivity contribution in [2.75, 3.05) is 7.11 Å². The molecule has 0 amide bonds. The SMILES string of the molecule is C=C1C(=O)O[C@H]2[C@H]1[C@@H](OC(=O)[C@@]1(C)O[C@@H]1C)[C@@H](OC(C)=O)/C(C(=O)OC)=C/CC[C@@]1(C)O[C@H]21. The van der Waals surface area contributed by atoms with Gasteiger partial charge in [-0.25, -0.2) is 14.4 Å². The quantitative estimate of drug-likeness (QED) is 0.258. The summed E-state index contributed by atoms with van der Waals surface area (Å²) in [5.74, 6) is -3.79. The van der Waals surface area contributed by atoms with Gasteiger partial charge in [-0.15, -0.1) is 0 Å². The van der Waals surface area contributed by atoms with Gasteiger partial charge in [-0.05, 0) is 33.6 Å². The third-order valence-electron chi connectivity index (χ3n) is 6.97. The number of esters is 4. The van der Waals surface area contributed by atoms with E-state index in [0.717, 1.165) is 0 Å². The smallest absolute Gasteiger partial charge is 0.341 e. The fourth-order valence-corrected chi connectivity index (χ4v) is 4.66. The highest BCUT2D eigenvalue weighted by Crippen LogP contribution is 2.51. The number of rotatable bonds is 4. The molecular formula is C23H28O10. The molecule has 4 aliphatic rings. The maximum atomic E-state index is 13.1. The lowest BCUT2D eigenvalue weighted by molar-refractivity contribution is -0.175. The monoisotopic (exact) mass is 464 g/mol. The molecule has 0 saturated carbocycles. The van der Waals surface area contributed by atoms with Crippen LogP contribution in [0.25, 0.3) is 0 Å². The number of carbonyl (C=O) groups is 4. The lowest BCUT2D eigenvalue weighted by Crippen LogP contribution is -2.49. The van der Waals surface area contributed by atoms with Crippen LogP contribution in [0.4, 0.5) is 0 Å². The van der Waals surface area contributed by atoms with Crippen LogP contribution in [0.2, 0.25) is 0 Å². The molecular weight excluding hydrogens is 436 g/mol. The van der Waals surface area contributed by atoms with Gasteiger partial charge in [-0.3, -0.25) is 4.79 Å². The Labute approximate surface area is 191 Å². The van der Waals surface area contributed by atoms with Gasteiger partial charge in [0.25, 0.3) is 0 Å². The molecule has 8 atom stereocenters.